The maximum atomic E-state index is 4.76. The second-order valence-electron chi connectivity index (χ2n) is 2.87. The molecule has 0 aliphatic carbocycles. The van der Waals surface area contributed by atoms with E-state index in [1.165, 1.54) is 44.9 Å². The van der Waals surface area contributed by atoms with E-state index in [0.717, 1.165) is 0 Å². The van der Waals surface area contributed by atoms with Crippen molar-refractivity contribution >= 4 is 23.2 Å². The third-order valence-electron chi connectivity index (χ3n) is 1.71. The van der Waals surface area contributed by atoms with Crippen LogP contribution < -0.4 is 0 Å². The number of halogens is 2. The molecule has 0 spiro atoms. The molecule has 0 aliphatic rings. The molecule has 0 unspecified atom stereocenters. The van der Waals surface area contributed by atoms with E-state index < -0.39 is 0 Å². The van der Waals surface area contributed by atoms with E-state index in [1.54, 1.807) is 0 Å². The average Bonchev–Trinajstić information content (AvgIpc) is 2.06. The Morgan fingerprint density at radius 3 is 1.17 bits per heavy atom. The molecule has 12 heavy (non-hydrogen) atoms. The lowest BCUT2D eigenvalue weighted by molar-refractivity contribution is 0.602. The molecule has 0 aromatic heterocycles. The van der Waals surface area contributed by atoms with Gasteiger partial charge in [-0.15, -0.1) is 23.2 Å². The lowest BCUT2D eigenvalue weighted by atomic mass is 10.1. The summed E-state index contributed by atoms with van der Waals surface area (Å²) in [5.74, 6) is 0. The highest BCUT2D eigenvalue weighted by Gasteiger charge is 1.85. The van der Waals surface area contributed by atoms with Crippen LogP contribution in [-0.4, -0.2) is 5.34 Å². The number of hydrogen-bond acceptors (Lipinski definition) is 0. The smallest absolute Gasteiger partial charge is 0.0967 e. The van der Waals surface area contributed by atoms with Crippen LogP contribution in [0.25, 0.3) is 0 Å². The normalized spacial score (nSPS) is 9.00. The zero-order chi connectivity index (χ0) is 9.66. The summed E-state index contributed by atoms with van der Waals surface area (Å²) in [4.78, 5) is 0. The average molecular weight is 213 g/mol. The Labute approximate surface area is 87.6 Å². The maximum absolute atomic E-state index is 4.76. The lowest BCUT2D eigenvalue weighted by Gasteiger charge is -1.96. The van der Waals surface area contributed by atoms with Crippen LogP contribution in [0.5, 0.6) is 0 Å². The van der Waals surface area contributed by atoms with Crippen LogP contribution in [0.15, 0.2) is 0 Å². The summed E-state index contributed by atoms with van der Waals surface area (Å²) in [6, 6.07) is 0. The summed E-state index contributed by atoms with van der Waals surface area (Å²) in [5, 5.41) is 0.194. The van der Waals surface area contributed by atoms with Crippen LogP contribution in [0.3, 0.4) is 0 Å². The van der Waals surface area contributed by atoms with Crippen LogP contribution in [-0.2, 0) is 0 Å². The molecule has 0 nitrogen and oxygen atoms in total. The van der Waals surface area contributed by atoms with Crippen LogP contribution in [0, 0.1) is 0 Å². The van der Waals surface area contributed by atoms with Crippen LogP contribution >= 0.6 is 23.2 Å². The molecule has 76 valence electrons. The second kappa shape index (κ2) is 17.6. The Hall–Kier alpha value is 0.580. The molecule has 0 aliphatic heterocycles. The van der Waals surface area contributed by atoms with Gasteiger partial charge in [0.25, 0.3) is 0 Å². The molecule has 0 aromatic carbocycles. The fourth-order valence-electron chi connectivity index (χ4n) is 1.03. The molecule has 0 heterocycles. The Morgan fingerprint density at radius 1 is 0.667 bits per heavy atom. The Kier molecular flexibility index (Phi) is 22.1. The maximum Gasteiger partial charge on any atom is 0.0967 e. The molecular weight excluding hydrogens is 191 g/mol. The lowest BCUT2D eigenvalue weighted by Crippen LogP contribution is -1.76. The summed E-state index contributed by atoms with van der Waals surface area (Å²) in [6.45, 7) is 4.53. The van der Waals surface area contributed by atoms with E-state index in [9.17, 15) is 0 Å². The van der Waals surface area contributed by atoms with Gasteiger partial charge >= 0.3 is 0 Å². The van der Waals surface area contributed by atoms with Gasteiger partial charge in [0.2, 0.25) is 0 Å². The molecule has 0 aromatic rings. The number of hydrogen-bond donors (Lipinski definition) is 0. The summed E-state index contributed by atoms with van der Waals surface area (Å²) in [7, 11) is 0. The molecule has 0 fully saturated rings. The Bertz CT molecular complexity index is 49.8. The highest BCUT2D eigenvalue weighted by Crippen LogP contribution is 2.05. The third kappa shape index (κ3) is 22.4. The predicted molar refractivity (Wildman–Crippen MR) is 60.2 cm³/mol. The van der Waals surface area contributed by atoms with Gasteiger partial charge in [-0.25, -0.2) is 0 Å². The number of unbranched alkanes of at least 4 members (excludes halogenated alkanes) is 6. The minimum atomic E-state index is 0.194. The zero-order valence-electron chi connectivity index (χ0n) is 8.41. The minimum Gasteiger partial charge on any atom is -0.109 e. The van der Waals surface area contributed by atoms with Gasteiger partial charge in [0.15, 0.2) is 0 Å². The van der Waals surface area contributed by atoms with Crippen molar-refractivity contribution in [2.24, 2.45) is 0 Å². The molecule has 0 bridgehead atoms. The summed E-state index contributed by atoms with van der Waals surface area (Å²) in [6.07, 6.45) is 9.97. The van der Waals surface area contributed by atoms with Crippen molar-refractivity contribution in [1.82, 2.24) is 0 Å². The first-order valence-corrected chi connectivity index (χ1v) is 6.02. The largest absolute Gasteiger partial charge is 0.109 e. The molecule has 0 rings (SSSR count). The summed E-state index contributed by atoms with van der Waals surface area (Å²) in [5.41, 5.74) is 0. The van der Waals surface area contributed by atoms with Crippen molar-refractivity contribution in [3.63, 3.8) is 0 Å². The quantitative estimate of drug-likeness (QED) is 0.421. The zero-order valence-corrected chi connectivity index (χ0v) is 9.92. The van der Waals surface area contributed by atoms with Gasteiger partial charge in [-0.05, 0) is 0 Å². The van der Waals surface area contributed by atoms with Crippen molar-refractivity contribution in [3.8, 4) is 0 Å². The topological polar surface area (TPSA) is 0 Å². The van der Waals surface area contributed by atoms with E-state index >= 15 is 0 Å². The fourth-order valence-corrected chi connectivity index (χ4v) is 1.03. The van der Waals surface area contributed by atoms with Crippen LogP contribution in [0.1, 0.15) is 58.8 Å². The van der Waals surface area contributed by atoms with Gasteiger partial charge in [-0.3, -0.25) is 0 Å². The van der Waals surface area contributed by atoms with Crippen LogP contribution in [0.2, 0.25) is 0 Å². The number of alkyl halides is 2. The Morgan fingerprint density at radius 2 is 0.917 bits per heavy atom. The van der Waals surface area contributed by atoms with Crippen molar-refractivity contribution in [2.75, 3.05) is 5.34 Å². The summed E-state index contributed by atoms with van der Waals surface area (Å²) < 4.78 is 0. The molecule has 0 saturated carbocycles. The molecular formula is C10H22Cl2. The second-order valence-corrected chi connectivity index (χ2v) is 3.68. The molecule has 0 amide bonds. The SMILES string of the molecule is CCCCCCCCC.ClCCl. The first-order chi connectivity index (χ1) is 5.83. The van der Waals surface area contributed by atoms with Gasteiger partial charge in [0.05, 0.1) is 5.34 Å². The van der Waals surface area contributed by atoms with Gasteiger partial charge in [-0.2, -0.15) is 0 Å². The number of rotatable bonds is 6. The van der Waals surface area contributed by atoms with Gasteiger partial charge < -0.3 is 0 Å². The van der Waals surface area contributed by atoms with Crippen molar-refractivity contribution in [3.05, 3.63) is 0 Å². The molecule has 0 radical (unpaired) electrons. The Balaban J connectivity index is 0. The highest BCUT2D eigenvalue weighted by molar-refractivity contribution is 6.40. The van der Waals surface area contributed by atoms with Crippen molar-refractivity contribution in [2.45, 2.75) is 58.8 Å². The van der Waals surface area contributed by atoms with Gasteiger partial charge in [0, 0.05) is 0 Å². The van der Waals surface area contributed by atoms with E-state index in [4.69, 9.17) is 23.2 Å². The molecule has 2 heteroatoms. The highest BCUT2D eigenvalue weighted by atomic mass is 35.5. The monoisotopic (exact) mass is 212 g/mol. The van der Waals surface area contributed by atoms with E-state index in [0.29, 0.717) is 0 Å². The van der Waals surface area contributed by atoms with Crippen molar-refractivity contribution < 1.29 is 0 Å². The van der Waals surface area contributed by atoms with Crippen molar-refractivity contribution in [1.29, 1.82) is 0 Å². The van der Waals surface area contributed by atoms with E-state index in [-0.39, 0.29) is 5.34 Å². The first-order valence-electron chi connectivity index (χ1n) is 4.95. The third-order valence-corrected chi connectivity index (χ3v) is 1.71. The minimum absolute atomic E-state index is 0.194. The standard InChI is InChI=1S/C9H20.CH2Cl2/c1-3-5-7-9-8-6-4-2;2-1-3/h3-9H2,1-2H3;1H2. The van der Waals surface area contributed by atoms with Gasteiger partial charge in [0.1, 0.15) is 0 Å². The fraction of sp³-hybridized carbons (Fsp3) is 1.00. The van der Waals surface area contributed by atoms with E-state index in [2.05, 4.69) is 13.8 Å². The summed E-state index contributed by atoms with van der Waals surface area (Å²) >= 11 is 9.53. The predicted octanol–water partition coefficient (Wildman–Crippen LogP) is 5.18. The first kappa shape index (κ1) is 15.1. The van der Waals surface area contributed by atoms with E-state index in [1.807, 2.05) is 0 Å². The van der Waals surface area contributed by atoms with Gasteiger partial charge in [-0.1, -0.05) is 58.8 Å². The molecule has 0 atom stereocenters. The van der Waals surface area contributed by atoms with Crippen LogP contribution in [0.4, 0.5) is 0 Å². The molecule has 0 saturated heterocycles. The molecule has 0 N–H and O–H groups in total.